The summed E-state index contributed by atoms with van der Waals surface area (Å²) in [4.78, 5) is 11.3. The summed E-state index contributed by atoms with van der Waals surface area (Å²) < 4.78 is 26.7. The van der Waals surface area contributed by atoms with Crippen molar-refractivity contribution in [3.05, 3.63) is 29.8 Å². The number of amides is 1. The van der Waals surface area contributed by atoms with Crippen molar-refractivity contribution in [3.8, 4) is 0 Å². The van der Waals surface area contributed by atoms with Gasteiger partial charge in [-0.3, -0.25) is 4.79 Å². The third-order valence-electron chi connectivity index (χ3n) is 4.15. The third kappa shape index (κ3) is 3.85. The largest absolute Gasteiger partial charge is 0.366 e. The Morgan fingerprint density at radius 1 is 1.27 bits per heavy atom. The predicted molar refractivity (Wildman–Crippen MR) is 85.0 cm³/mol. The van der Waals surface area contributed by atoms with Crippen LogP contribution in [0.15, 0.2) is 29.2 Å². The molecule has 0 radical (unpaired) electrons. The summed E-state index contributed by atoms with van der Waals surface area (Å²) in [6.45, 7) is 2.06. The molecule has 1 saturated heterocycles. The van der Waals surface area contributed by atoms with Crippen molar-refractivity contribution >= 4 is 15.9 Å². The summed E-state index contributed by atoms with van der Waals surface area (Å²) in [7, 11) is -1.56. The quantitative estimate of drug-likeness (QED) is 0.809. The molecule has 0 bridgehead atoms. The fourth-order valence-corrected chi connectivity index (χ4v) is 4.20. The van der Waals surface area contributed by atoms with Gasteiger partial charge >= 0.3 is 0 Å². The SMILES string of the molecule is CNCCC1CCN(S(=O)(=O)c2ccc(C(N)=O)cc2)CC1. The highest BCUT2D eigenvalue weighted by atomic mass is 32.2. The predicted octanol–water partition coefficient (Wildman–Crippen LogP) is 0.796. The molecule has 22 heavy (non-hydrogen) atoms. The number of nitrogens with two attached hydrogens (primary N) is 1. The molecule has 3 N–H and O–H groups in total. The molecule has 1 aliphatic heterocycles. The molecule has 6 nitrogen and oxygen atoms in total. The zero-order valence-corrected chi connectivity index (χ0v) is 13.6. The van der Waals surface area contributed by atoms with Crippen LogP contribution in [0, 0.1) is 5.92 Å². The van der Waals surface area contributed by atoms with Gasteiger partial charge in [-0.15, -0.1) is 0 Å². The minimum Gasteiger partial charge on any atom is -0.366 e. The molecule has 1 heterocycles. The molecule has 7 heteroatoms. The lowest BCUT2D eigenvalue weighted by atomic mass is 9.95. The van der Waals surface area contributed by atoms with Gasteiger partial charge in [0.1, 0.15) is 0 Å². The van der Waals surface area contributed by atoms with Gasteiger partial charge < -0.3 is 11.1 Å². The van der Waals surface area contributed by atoms with Crippen molar-refractivity contribution in [1.82, 2.24) is 9.62 Å². The number of rotatable bonds is 6. The third-order valence-corrected chi connectivity index (χ3v) is 6.07. The summed E-state index contributed by atoms with van der Waals surface area (Å²) in [5, 5.41) is 3.13. The van der Waals surface area contributed by atoms with Gasteiger partial charge in [0, 0.05) is 18.7 Å². The maximum Gasteiger partial charge on any atom is 0.248 e. The van der Waals surface area contributed by atoms with Gasteiger partial charge in [0.05, 0.1) is 4.90 Å². The van der Waals surface area contributed by atoms with E-state index >= 15 is 0 Å². The molecule has 2 rings (SSSR count). The molecule has 0 saturated carbocycles. The Balaban J connectivity index is 2.03. The summed E-state index contributed by atoms with van der Waals surface area (Å²) in [6.07, 6.45) is 2.86. The standard InChI is InChI=1S/C15H23N3O3S/c1-17-9-6-12-7-10-18(11-8-12)22(20,21)14-4-2-13(3-5-14)15(16)19/h2-5,12,17H,6-11H2,1H3,(H2,16,19). The van der Waals surface area contributed by atoms with Gasteiger partial charge in [-0.25, -0.2) is 8.42 Å². The summed E-state index contributed by atoms with van der Waals surface area (Å²) >= 11 is 0. The molecular weight excluding hydrogens is 302 g/mol. The molecule has 1 aliphatic rings. The smallest absolute Gasteiger partial charge is 0.248 e. The molecule has 1 aromatic carbocycles. The molecule has 0 aliphatic carbocycles. The zero-order chi connectivity index (χ0) is 16.2. The molecule has 0 spiro atoms. The fourth-order valence-electron chi connectivity index (χ4n) is 2.73. The van der Waals surface area contributed by atoms with Crippen molar-refractivity contribution in [2.45, 2.75) is 24.2 Å². The molecule has 1 aromatic rings. The van der Waals surface area contributed by atoms with E-state index in [0.29, 0.717) is 24.6 Å². The highest BCUT2D eigenvalue weighted by Gasteiger charge is 2.29. The number of piperidine rings is 1. The van der Waals surface area contributed by atoms with E-state index in [0.717, 1.165) is 25.8 Å². The highest BCUT2D eigenvalue weighted by molar-refractivity contribution is 7.89. The molecule has 1 amide bonds. The second-order valence-electron chi connectivity index (χ2n) is 5.63. The first-order chi connectivity index (χ1) is 10.4. The lowest BCUT2D eigenvalue weighted by Crippen LogP contribution is -2.38. The second kappa shape index (κ2) is 7.21. The van der Waals surface area contributed by atoms with E-state index in [4.69, 9.17) is 5.73 Å². The van der Waals surface area contributed by atoms with Crippen molar-refractivity contribution in [1.29, 1.82) is 0 Å². The maximum atomic E-state index is 12.6. The first-order valence-electron chi connectivity index (χ1n) is 7.49. The van der Waals surface area contributed by atoms with E-state index in [1.165, 1.54) is 28.6 Å². The average Bonchev–Trinajstić information content (AvgIpc) is 2.53. The zero-order valence-electron chi connectivity index (χ0n) is 12.8. The Bertz CT molecular complexity index is 605. The Labute approximate surface area is 131 Å². The van der Waals surface area contributed by atoms with Crippen molar-refractivity contribution in [2.24, 2.45) is 11.7 Å². The normalized spacial score (nSPS) is 17.5. The minimum absolute atomic E-state index is 0.214. The van der Waals surface area contributed by atoms with Crippen molar-refractivity contribution < 1.29 is 13.2 Å². The van der Waals surface area contributed by atoms with Crippen LogP contribution in [0.1, 0.15) is 29.6 Å². The van der Waals surface area contributed by atoms with E-state index in [1.54, 1.807) is 0 Å². The summed E-state index contributed by atoms with van der Waals surface area (Å²) in [6, 6.07) is 5.80. The number of benzene rings is 1. The van der Waals surface area contributed by atoms with Crippen LogP contribution in [-0.4, -0.2) is 45.3 Å². The van der Waals surface area contributed by atoms with E-state index < -0.39 is 15.9 Å². The first kappa shape index (κ1) is 16.9. The molecule has 1 fully saturated rings. The molecule has 122 valence electrons. The van der Waals surface area contributed by atoms with Gasteiger partial charge in [-0.1, -0.05) is 0 Å². The van der Waals surface area contributed by atoms with Crippen LogP contribution in [-0.2, 0) is 10.0 Å². The summed E-state index contributed by atoms with van der Waals surface area (Å²) in [5.74, 6) is 0.0189. The van der Waals surface area contributed by atoms with E-state index in [9.17, 15) is 13.2 Å². The van der Waals surface area contributed by atoms with E-state index in [-0.39, 0.29) is 4.90 Å². The number of nitrogens with one attached hydrogen (secondary N) is 1. The molecule has 0 aromatic heterocycles. The van der Waals surface area contributed by atoms with Crippen LogP contribution in [0.3, 0.4) is 0 Å². The number of carbonyl (C=O) groups excluding carboxylic acids is 1. The van der Waals surface area contributed by atoms with Gasteiger partial charge in [0.25, 0.3) is 0 Å². The number of sulfonamides is 1. The minimum atomic E-state index is -3.48. The fraction of sp³-hybridized carbons (Fsp3) is 0.533. The Hall–Kier alpha value is -1.44. The summed E-state index contributed by atoms with van der Waals surface area (Å²) in [5.41, 5.74) is 5.48. The average molecular weight is 325 g/mol. The number of carbonyl (C=O) groups is 1. The highest BCUT2D eigenvalue weighted by Crippen LogP contribution is 2.25. The van der Waals surface area contributed by atoms with Gasteiger partial charge in [-0.05, 0) is 63.0 Å². The van der Waals surface area contributed by atoms with Crippen LogP contribution >= 0.6 is 0 Å². The van der Waals surface area contributed by atoms with Gasteiger partial charge in [0.2, 0.25) is 15.9 Å². The second-order valence-corrected chi connectivity index (χ2v) is 7.57. The number of primary amides is 1. The van der Waals surface area contributed by atoms with Crippen molar-refractivity contribution in [2.75, 3.05) is 26.7 Å². The van der Waals surface area contributed by atoms with Crippen LogP contribution < -0.4 is 11.1 Å². The van der Waals surface area contributed by atoms with E-state index in [1.807, 2.05) is 7.05 Å². The van der Waals surface area contributed by atoms with Crippen LogP contribution in [0.2, 0.25) is 0 Å². The van der Waals surface area contributed by atoms with Crippen LogP contribution in [0.4, 0.5) is 0 Å². The first-order valence-corrected chi connectivity index (χ1v) is 8.94. The van der Waals surface area contributed by atoms with E-state index in [2.05, 4.69) is 5.32 Å². The van der Waals surface area contributed by atoms with Crippen LogP contribution in [0.5, 0.6) is 0 Å². The molecule has 0 unspecified atom stereocenters. The number of nitrogens with zero attached hydrogens (tertiary/aromatic N) is 1. The van der Waals surface area contributed by atoms with Crippen LogP contribution in [0.25, 0.3) is 0 Å². The number of hydrogen-bond donors (Lipinski definition) is 2. The van der Waals surface area contributed by atoms with Crippen molar-refractivity contribution in [3.63, 3.8) is 0 Å². The molecular formula is C15H23N3O3S. The topological polar surface area (TPSA) is 92.5 Å². The number of hydrogen-bond acceptors (Lipinski definition) is 4. The Morgan fingerprint density at radius 2 is 1.86 bits per heavy atom. The Morgan fingerprint density at radius 3 is 2.36 bits per heavy atom. The van der Waals surface area contributed by atoms with Gasteiger partial charge in [-0.2, -0.15) is 4.31 Å². The lowest BCUT2D eigenvalue weighted by Gasteiger charge is -2.31. The Kier molecular flexibility index (Phi) is 5.55. The van der Waals surface area contributed by atoms with Gasteiger partial charge in [0.15, 0.2) is 0 Å². The monoisotopic (exact) mass is 325 g/mol. The maximum absolute atomic E-state index is 12.6. The molecule has 0 atom stereocenters. The lowest BCUT2D eigenvalue weighted by molar-refractivity contribution is 0.1000.